The summed E-state index contributed by atoms with van der Waals surface area (Å²) in [6.07, 6.45) is -0.576. The van der Waals surface area contributed by atoms with E-state index >= 15 is 0 Å². The van der Waals surface area contributed by atoms with Gasteiger partial charge in [0.2, 0.25) is 26.0 Å². The molecule has 1 N–H and O–H groups in total. The van der Waals surface area contributed by atoms with Crippen LogP contribution in [0.1, 0.15) is 31.2 Å². The number of hydrogen-bond donors (Lipinski definition) is 1. The van der Waals surface area contributed by atoms with Crippen molar-refractivity contribution in [1.82, 2.24) is 4.31 Å². The topological polar surface area (TPSA) is 104 Å². The van der Waals surface area contributed by atoms with Crippen LogP contribution in [0.25, 0.3) is 0 Å². The van der Waals surface area contributed by atoms with Gasteiger partial charge in [0.05, 0.1) is 27.4 Å². The summed E-state index contributed by atoms with van der Waals surface area (Å²) >= 11 is 5.60. The van der Waals surface area contributed by atoms with Crippen LogP contribution in [0.2, 0.25) is 5.02 Å². The molecule has 1 aliphatic heterocycles. The molecule has 0 bridgehead atoms. The number of benzene rings is 2. The molecule has 14 heteroatoms. The molecule has 2 aromatic rings. The molecular weight excluding hydrogens is 543 g/mol. The first-order valence-electron chi connectivity index (χ1n) is 10.9. The van der Waals surface area contributed by atoms with Crippen LogP contribution in [0.15, 0.2) is 47.4 Å². The highest BCUT2D eigenvalue weighted by atomic mass is 35.5. The second-order valence-corrected chi connectivity index (χ2v) is 12.6. The quantitative estimate of drug-likeness (QED) is 0.536. The van der Waals surface area contributed by atoms with Crippen molar-refractivity contribution in [2.24, 2.45) is 0 Å². The summed E-state index contributed by atoms with van der Waals surface area (Å²) in [5.41, 5.74) is -1.43. The minimum absolute atomic E-state index is 0.0565. The molecule has 0 saturated carbocycles. The molecule has 0 aliphatic carbocycles. The number of nitrogens with one attached hydrogen (secondary N) is 1. The second-order valence-electron chi connectivity index (χ2n) is 8.32. The number of nitrogens with zero attached hydrogens (tertiary/aromatic N) is 2. The van der Waals surface area contributed by atoms with Gasteiger partial charge in [0.15, 0.2) is 0 Å². The van der Waals surface area contributed by atoms with Crippen molar-refractivity contribution in [2.75, 3.05) is 35.5 Å². The van der Waals surface area contributed by atoms with E-state index in [1.165, 1.54) is 28.6 Å². The Labute approximate surface area is 213 Å². The molecule has 1 fully saturated rings. The van der Waals surface area contributed by atoms with Crippen LogP contribution < -0.4 is 9.62 Å². The average Bonchev–Trinajstić information content (AvgIpc) is 3.07. The third-order valence-electron chi connectivity index (χ3n) is 5.57. The average molecular weight is 568 g/mol. The lowest BCUT2D eigenvalue weighted by molar-refractivity contribution is -0.137. The third-order valence-corrected chi connectivity index (χ3v) is 8.95. The number of alkyl halides is 3. The van der Waals surface area contributed by atoms with Gasteiger partial charge in [-0.3, -0.25) is 9.10 Å². The molecule has 36 heavy (non-hydrogen) atoms. The monoisotopic (exact) mass is 567 g/mol. The smallest absolute Gasteiger partial charge is 0.325 e. The van der Waals surface area contributed by atoms with E-state index in [1.54, 1.807) is 0 Å². The highest BCUT2D eigenvalue weighted by Crippen LogP contribution is 2.37. The van der Waals surface area contributed by atoms with Gasteiger partial charge in [-0.05, 0) is 55.3 Å². The molecule has 198 valence electrons. The summed E-state index contributed by atoms with van der Waals surface area (Å²) in [7, 11) is -7.84. The van der Waals surface area contributed by atoms with Gasteiger partial charge in [-0.2, -0.15) is 17.5 Å². The van der Waals surface area contributed by atoms with Crippen LogP contribution in [-0.2, 0) is 31.0 Å². The summed E-state index contributed by atoms with van der Waals surface area (Å²) in [5.74, 6) is -0.841. The van der Waals surface area contributed by atoms with Crippen LogP contribution in [0.5, 0.6) is 0 Å². The van der Waals surface area contributed by atoms with Gasteiger partial charge in [-0.15, -0.1) is 0 Å². The van der Waals surface area contributed by atoms with E-state index in [0.29, 0.717) is 23.5 Å². The first-order chi connectivity index (χ1) is 16.7. The number of halogens is 4. The van der Waals surface area contributed by atoms with E-state index in [4.69, 9.17) is 11.6 Å². The van der Waals surface area contributed by atoms with Crippen LogP contribution in [0.3, 0.4) is 0 Å². The van der Waals surface area contributed by atoms with Crippen molar-refractivity contribution in [1.29, 1.82) is 0 Å². The molecule has 8 nitrogen and oxygen atoms in total. The predicted octanol–water partition coefficient (Wildman–Crippen LogP) is 4.33. The van der Waals surface area contributed by atoms with Gasteiger partial charge < -0.3 is 5.32 Å². The van der Waals surface area contributed by atoms with E-state index in [9.17, 15) is 34.8 Å². The molecule has 0 spiro atoms. The molecule has 2 aromatic carbocycles. The number of sulfonamides is 2. The Kier molecular flexibility index (Phi) is 8.59. The number of carbonyl (C=O) groups excluding carboxylic acids is 1. The van der Waals surface area contributed by atoms with Crippen LogP contribution in [0, 0.1) is 0 Å². The molecule has 1 aliphatic rings. The second kappa shape index (κ2) is 11.0. The van der Waals surface area contributed by atoms with Crippen molar-refractivity contribution < 1.29 is 34.8 Å². The SMILES string of the molecule is CS(=O)(=O)N(CC(=O)Nc1ccc(S(=O)(=O)N2CCCCCC2)cc1)c1ccc(Cl)c(C(F)(F)F)c1. The molecule has 0 atom stereocenters. The lowest BCUT2D eigenvalue weighted by Gasteiger charge is -2.23. The van der Waals surface area contributed by atoms with Crippen LogP contribution in [0.4, 0.5) is 24.5 Å². The Morgan fingerprint density at radius 1 is 1.00 bits per heavy atom. The number of carbonyl (C=O) groups is 1. The Morgan fingerprint density at radius 2 is 1.58 bits per heavy atom. The highest BCUT2D eigenvalue weighted by molar-refractivity contribution is 7.92. The van der Waals surface area contributed by atoms with Crippen LogP contribution in [-0.4, -0.2) is 52.9 Å². The van der Waals surface area contributed by atoms with Gasteiger partial charge in [-0.1, -0.05) is 24.4 Å². The Hall–Kier alpha value is -2.35. The molecule has 1 heterocycles. The summed E-state index contributed by atoms with van der Waals surface area (Å²) in [4.78, 5) is 12.6. The maximum atomic E-state index is 13.2. The van der Waals surface area contributed by atoms with E-state index in [-0.39, 0.29) is 16.3 Å². The Bertz CT molecular complexity index is 1310. The zero-order valence-corrected chi connectivity index (χ0v) is 21.6. The number of amides is 1. The molecule has 1 saturated heterocycles. The minimum Gasteiger partial charge on any atom is -0.325 e. The first-order valence-corrected chi connectivity index (χ1v) is 14.6. The molecule has 0 radical (unpaired) electrons. The number of hydrogen-bond acceptors (Lipinski definition) is 5. The summed E-state index contributed by atoms with van der Waals surface area (Å²) in [6.45, 7) is 0.0530. The van der Waals surface area contributed by atoms with Crippen molar-refractivity contribution in [3.63, 3.8) is 0 Å². The van der Waals surface area contributed by atoms with Gasteiger partial charge >= 0.3 is 6.18 Å². The highest BCUT2D eigenvalue weighted by Gasteiger charge is 2.34. The van der Waals surface area contributed by atoms with E-state index in [2.05, 4.69) is 5.32 Å². The van der Waals surface area contributed by atoms with Crippen molar-refractivity contribution >= 4 is 48.9 Å². The molecule has 3 rings (SSSR count). The Morgan fingerprint density at radius 3 is 2.11 bits per heavy atom. The summed E-state index contributed by atoms with van der Waals surface area (Å²) < 4.78 is 91.9. The van der Waals surface area contributed by atoms with Crippen molar-refractivity contribution in [3.8, 4) is 0 Å². The van der Waals surface area contributed by atoms with E-state index in [1.807, 2.05) is 0 Å². The summed E-state index contributed by atoms with van der Waals surface area (Å²) in [5, 5.41) is 1.83. The molecule has 0 unspecified atom stereocenters. The zero-order chi connectivity index (χ0) is 26.7. The van der Waals surface area contributed by atoms with Crippen molar-refractivity contribution in [3.05, 3.63) is 53.1 Å². The van der Waals surface area contributed by atoms with Gasteiger partial charge in [-0.25, -0.2) is 16.8 Å². The number of anilines is 2. The number of rotatable bonds is 7. The van der Waals surface area contributed by atoms with Crippen LogP contribution >= 0.6 is 11.6 Å². The lowest BCUT2D eigenvalue weighted by Crippen LogP contribution is -2.37. The lowest BCUT2D eigenvalue weighted by atomic mass is 10.2. The van der Waals surface area contributed by atoms with E-state index in [0.717, 1.165) is 44.1 Å². The summed E-state index contributed by atoms with van der Waals surface area (Å²) in [6, 6.07) is 7.90. The normalized spacial score (nSPS) is 15.8. The fourth-order valence-electron chi connectivity index (χ4n) is 3.76. The van der Waals surface area contributed by atoms with Gasteiger partial charge in [0.25, 0.3) is 0 Å². The fourth-order valence-corrected chi connectivity index (χ4v) is 6.35. The largest absolute Gasteiger partial charge is 0.417 e. The Balaban J connectivity index is 1.76. The first kappa shape index (κ1) is 28.2. The van der Waals surface area contributed by atoms with Gasteiger partial charge in [0, 0.05) is 18.8 Å². The minimum atomic E-state index is -4.83. The predicted molar refractivity (Wildman–Crippen MR) is 131 cm³/mol. The zero-order valence-electron chi connectivity index (χ0n) is 19.3. The molecular formula is C22H25ClF3N3O5S2. The fraction of sp³-hybridized carbons (Fsp3) is 0.409. The van der Waals surface area contributed by atoms with E-state index < -0.39 is 49.3 Å². The van der Waals surface area contributed by atoms with Crippen molar-refractivity contribution in [2.45, 2.75) is 36.8 Å². The van der Waals surface area contributed by atoms with Gasteiger partial charge in [0.1, 0.15) is 6.54 Å². The molecule has 1 amide bonds. The maximum absolute atomic E-state index is 13.2. The maximum Gasteiger partial charge on any atom is 0.417 e. The molecule has 0 aromatic heterocycles. The standard InChI is InChI=1S/C22H25ClF3N3O5S2/c1-35(31,32)29(17-8-11-20(23)19(14-17)22(24,25)26)15-21(30)27-16-6-9-18(10-7-16)36(33,34)28-12-4-2-3-5-13-28/h6-11,14H,2-5,12-13,15H2,1H3,(H,27,30). The third kappa shape index (κ3) is 6.90.